The molecule has 0 radical (unpaired) electrons. The zero-order chi connectivity index (χ0) is 12.3. The number of nitriles is 1. The van der Waals surface area contributed by atoms with Crippen molar-refractivity contribution < 1.29 is 0 Å². The fourth-order valence-electron chi connectivity index (χ4n) is 1.49. The van der Waals surface area contributed by atoms with Crippen LogP contribution < -0.4 is 0 Å². The highest BCUT2D eigenvalue weighted by Crippen LogP contribution is 2.22. The van der Waals surface area contributed by atoms with E-state index in [1.165, 1.54) is 0 Å². The van der Waals surface area contributed by atoms with Gasteiger partial charge in [0.1, 0.15) is 0 Å². The Labute approximate surface area is 105 Å². The Morgan fingerprint density at radius 2 is 2.25 bits per heavy atom. The van der Waals surface area contributed by atoms with E-state index in [0.717, 1.165) is 29.0 Å². The molecule has 1 atom stereocenters. The third-order valence-electron chi connectivity index (χ3n) is 2.70. The highest BCUT2D eigenvalue weighted by molar-refractivity contribution is 9.10. The second kappa shape index (κ2) is 5.46. The number of hydrogen-bond acceptors (Lipinski definition) is 3. The van der Waals surface area contributed by atoms with Crippen molar-refractivity contribution >= 4 is 15.9 Å². The van der Waals surface area contributed by atoms with Gasteiger partial charge in [-0.25, -0.2) is 0 Å². The van der Waals surface area contributed by atoms with E-state index in [-0.39, 0.29) is 6.04 Å². The van der Waals surface area contributed by atoms with Crippen LogP contribution in [0, 0.1) is 18.3 Å². The molecule has 0 amide bonds. The highest BCUT2D eigenvalue weighted by Gasteiger charge is 2.16. The van der Waals surface area contributed by atoms with Crippen molar-refractivity contribution in [1.82, 2.24) is 14.7 Å². The first-order chi connectivity index (χ1) is 7.51. The molecule has 0 N–H and O–H groups in total. The average molecular weight is 285 g/mol. The van der Waals surface area contributed by atoms with Gasteiger partial charge >= 0.3 is 0 Å². The fraction of sp³-hybridized carbons (Fsp3) is 0.636. The summed E-state index contributed by atoms with van der Waals surface area (Å²) in [5.74, 6) is 0. The number of halogens is 1. The van der Waals surface area contributed by atoms with E-state index in [0.29, 0.717) is 0 Å². The predicted molar refractivity (Wildman–Crippen MR) is 66.9 cm³/mol. The van der Waals surface area contributed by atoms with E-state index in [4.69, 9.17) is 5.26 Å². The Kier molecular flexibility index (Phi) is 4.51. The Morgan fingerprint density at radius 1 is 1.62 bits per heavy atom. The lowest BCUT2D eigenvalue weighted by molar-refractivity contribution is 0.284. The summed E-state index contributed by atoms with van der Waals surface area (Å²) in [5.41, 5.74) is 2.12. The van der Waals surface area contributed by atoms with Gasteiger partial charge in [-0.2, -0.15) is 10.4 Å². The predicted octanol–water partition coefficient (Wildman–Crippen LogP) is 2.32. The molecule has 0 aromatic carbocycles. The minimum absolute atomic E-state index is 0.0904. The van der Waals surface area contributed by atoms with Gasteiger partial charge in [0, 0.05) is 13.1 Å². The van der Waals surface area contributed by atoms with Crippen LogP contribution in [0.5, 0.6) is 0 Å². The minimum atomic E-state index is -0.0904. The molecule has 1 heterocycles. The molecule has 0 saturated heterocycles. The van der Waals surface area contributed by atoms with Crippen molar-refractivity contribution in [2.45, 2.75) is 39.9 Å². The summed E-state index contributed by atoms with van der Waals surface area (Å²) >= 11 is 3.55. The molecule has 0 spiro atoms. The standard InChI is InChI=1S/C11H17BrN4/c1-5-16-10(11(12)9(3)14-16)7-15(4)8(2)6-13/h8H,5,7H2,1-4H3. The fourth-order valence-corrected chi connectivity index (χ4v) is 1.90. The maximum Gasteiger partial charge on any atom is 0.0950 e. The molecule has 88 valence electrons. The van der Waals surface area contributed by atoms with E-state index in [1.54, 1.807) is 0 Å². The summed E-state index contributed by atoms with van der Waals surface area (Å²) in [7, 11) is 1.95. The maximum atomic E-state index is 8.86. The topological polar surface area (TPSA) is 44.9 Å². The van der Waals surface area contributed by atoms with Crippen LogP contribution in [-0.4, -0.2) is 27.8 Å². The van der Waals surface area contributed by atoms with Crippen molar-refractivity contribution in [2.24, 2.45) is 0 Å². The molecule has 5 heteroatoms. The lowest BCUT2D eigenvalue weighted by Crippen LogP contribution is -2.28. The summed E-state index contributed by atoms with van der Waals surface area (Å²) in [6.07, 6.45) is 0. The van der Waals surface area contributed by atoms with Crippen molar-refractivity contribution in [2.75, 3.05) is 7.05 Å². The highest BCUT2D eigenvalue weighted by atomic mass is 79.9. The van der Waals surface area contributed by atoms with Gasteiger partial charge < -0.3 is 0 Å². The first kappa shape index (κ1) is 13.2. The molecule has 1 unspecified atom stereocenters. The molecular formula is C11H17BrN4. The SMILES string of the molecule is CCn1nc(C)c(Br)c1CN(C)C(C)C#N. The third kappa shape index (κ3) is 2.63. The summed E-state index contributed by atoms with van der Waals surface area (Å²) in [6, 6.07) is 2.14. The number of nitrogens with zero attached hydrogens (tertiary/aromatic N) is 4. The van der Waals surface area contributed by atoms with E-state index in [1.807, 2.05) is 30.5 Å². The smallest absolute Gasteiger partial charge is 0.0950 e. The summed E-state index contributed by atoms with van der Waals surface area (Å²) in [5, 5.41) is 13.3. The van der Waals surface area contributed by atoms with Gasteiger partial charge in [0.25, 0.3) is 0 Å². The molecule has 0 aliphatic carbocycles. The zero-order valence-electron chi connectivity index (χ0n) is 10.2. The maximum absolute atomic E-state index is 8.86. The monoisotopic (exact) mass is 284 g/mol. The van der Waals surface area contributed by atoms with Crippen LogP contribution in [0.2, 0.25) is 0 Å². The van der Waals surface area contributed by atoms with Crippen LogP contribution in [0.4, 0.5) is 0 Å². The molecule has 0 saturated carbocycles. The number of aromatic nitrogens is 2. The van der Waals surface area contributed by atoms with Crippen molar-refractivity contribution in [3.63, 3.8) is 0 Å². The second-order valence-corrected chi connectivity index (χ2v) is 4.68. The van der Waals surface area contributed by atoms with Crippen LogP contribution in [0.25, 0.3) is 0 Å². The zero-order valence-corrected chi connectivity index (χ0v) is 11.7. The van der Waals surface area contributed by atoms with Crippen LogP contribution in [0.1, 0.15) is 25.2 Å². The first-order valence-electron chi connectivity index (χ1n) is 5.32. The minimum Gasteiger partial charge on any atom is -0.285 e. The van der Waals surface area contributed by atoms with Gasteiger partial charge in [0.05, 0.1) is 28.0 Å². The molecule has 16 heavy (non-hydrogen) atoms. The molecule has 0 bridgehead atoms. The van der Waals surface area contributed by atoms with Gasteiger partial charge in [0.2, 0.25) is 0 Å². The molecule has 1 aromatic heterocycles. The van der Waals surface area contributed by atoms with Gasteiger partial charge in [-0.3, -0.25) is 9.58 Å². The van der Waals surface area contributed by atoms with E-state index in [9.17, 15) is 0 Å². The Bertz CT molecular complexity index is 405. The lowest BCUT2D eigenvalue weighted by atomic mass is 10.3. The molecule has 1 rings (SSSR count). The van der Waals surface area contributed by atoms with Gasteiger partial charge in [-0.15, -0.1) is 0 Å². The van der Waals surface area contributed by atoms with E-state index < -0.39 is 0 Å². The number of hydrogen-bond donors (Lipinski definition) is 0. The molecule has 1 aromatic rings. The van der Waals surface area contributed by atoms with Crippen molar-refractivity contribution in [3.05, 3.63) is 15.9 Å². The average Bonchev–Trinajstić information content (AvgIpc) is 2.55. The van der Waals surface area contributed by atoms with Crippen LogP contribution in [0.3, 0.4) is 0 Å². The van der Waals surface area contributed by atoms with Gasteiger partial charge in [0.15, 0.2) is 0 Å². The van der Waals surface area contributed by atoms with Gasteiger partial charge in [-0.1, -0.05) is 0 Å². The van der Waals surface area contributed by atoms with E-state index in [2.05, 4.69) is 34.0 Å². The quantitative estimate of drug-likeness (QED) is 0.852. The van der Waals surface area contributed by atoms with Crippen LogP contribution >= 0.6 is 15.9 Å². The second-order valence-electron chi connectivity index (χ2n) is 3.88. The Balaban J connectivity index is 2.92. The largest absolute Gasteiger partial charge is 0.285 e. The van der Waals surface area contributed by atoms with Crippen LogP contribution in [-0.2, 0) is 13.1 Å². The van der Waals surface area contributed by atoms with Crippen LogP contribution in [0.15, 0.2) is 4.47 Å². The summed E-state index contributed by atoms with van der Waals surface area (Å²) in [4.78, 5) is 2.01. The lowest BCUT2D eigenvalue weighted by Gasteiger charge is -2.19. The molecule has 4 nitrogen and oxygen atoms in total. The summed E-state index contributed by atoms with van der Waals surface area (Å²) < 4.78 is 3.02. The first-order valence-corrected chi connectivity index (χ1v) is 6.12. The molecular weight excluding hydrogens is 268 g/mol. The molecule has 0 aliphatic rings. The Hall–Kier alpha value is -0.860. The normalized spacial score (nSPS) is 12.8. The van der Waals surface area contributed by atoms with Gasteiger partial charge in [-0.05, 0) is 43.7 Å². The summed E-state index contributed by atoms with van der Waals surface area (Å²) in [6.45, 7) is 7.51. The van der Waals surface area contributed by atoms with E-state index >= 15 is 0 Å². The molecule has 0 fully saturated rings. The molecule has 0 aliphatic heterocycles. The van der Waals surface area contributed by atoms with Crippen molar-refractivity contribution in [3.8, 4) is 6.07 Å². The van der Waals surface area contributed by atoms with Crippen molar-refractivity contribution in [1.29, 1.82) is 5.26 Å². The third-order valence-corrected chi connectivity index (χ3v) is 3.73. The number of rotatable bonds is 4. The Morgan fingerprint density at radius 3 is 2.75 bits per heavy atom. The number of aryl methyl sites for hydroxylation is 2.